The highest BCUT2D eigenvalue weighted by molar-refractivity contribution is 7.92. The van der Waals surface area contributed by atoms with Gasteiger partial charge in [0.15, 0.2) is 0 Å². The molecule has 2 aromatic rings. The zero-order chi connectivity index (χ0) is 15.6. The van der Waals surface area contributed by atoms with Crippen molar-refractivity contribution in [2.75, 3.05) is 4.72 Å². The Morgan fingerprint density at radius 1 is 1.19 bits per heavy atom. The molecule has 5 nitrogen and oxygen atoms in total. The summed E-state index contributed by atoms with van der Waals surface area (Å²) < 4.78 is 29.1. The van der Waals surface area contributed by atoms with Gasteiger partial charge in [-0.1, -0.05) is 6.07 Å². The Kier molecular flexibility index (Phi) is 4.39. The molecular formula is C15H20N2O3S. The quantitative estimate of drug-likeness (QED) is 0.891. The lowest BCUT2D eigenvalue weighted by Crippen LogP contribution is -2.12. The summed E-state index contributed by atoms with van der Waals surface area (Å²) >= 11 is 0. The molecule has 0 saturated heterocycles. The Labute approximate surface area is 125 Å². The van der Waals surface area contributed by atoms with E-state index in [2.05, 4.69) is 4.72 Å². The molecule has 114 valence electrons. The second kappa shape index (κ2) is 5.91. The van der Waals surface area contributed by atoms with Crippen molar-refractivity contribution in [2.45, 2.75) is 38.8 Å². The minimum absolute atomic E-state index is 0.159. The van der Waals surface area contributed by atoms with Crippen LogP contribution in [0.25, 0.3) is 0 Å². The Morgan fingerprint density at radius 3 is 2.43 bits per heavy atom. The largest absolute Gasteiger partial charge is 0.390 e. The number of anilines is 1. The molecule has 0 unspecified atom stereocenters. The fraction of sp³-hybridized carbons (Fsp3) is 0.333. The molecule has 0 aliphatic carbocycles. The molecule has 1 aromatic heterocycles. The number of rotatable bonds is 5. The zero-order valence-corrected chi connectivity index (χ0v) is 13.2. The van der Waals surface area contributed by atoms with Gasteiger partial charge in [0.1, 0.15) is 4.90 Å². The molecule has 2 N–H and O–H groups in total. The van der Waals surface area contributed by atoms with Gasteiger partial charge in [0.25, 0.3) is 10.0 Å². The van der Waals surface area contributed by atoms with Crippen LogP contribution in [-0.2, 0) is 23.2 Å². The first-order chi connectivity index (χ1) is 9.87. The highest BCUT2D eigenvalue weighted by Crippen LogP contribution is 2.21. The van der Waals surface area contributed by atoms with Crippen molar-refractivity contribution in [3.8, 4) is 0 Å². The van der Waals surface area contributed by atoms with Crippen molar-refractivity contribution in [3.63, 3.8) is 0 Å². The molecule has 1 aromatic carbocycles. The second-order valence-electron chi connectivity index (χ2n) is 5.02. The molecule has 21 heavy (non-hydrogen) atoms. The molecule has 0 fully saturated rings. The summed E-state index contributed by atoms with van der Waals surface area (Å²) in [5.41, 5.74) is 3.25. The number of sulfonamides is 1. The van der Waals surface area contributed by atoms with Crippen molar-refractivity contribution >= 4 is 15.7 Å². The number of nitrogens with one attached hydrogen (secondary N) is 1. The molecule has 0 aliphatic rings. The highest BCUT2D eigenvalue weighted by atomic mass is 32.2. The average molecular weight is 308 g/mol. The van der Waals surface area contributed by atoms with Crippen LogP contribution >= 0.6 is 0 Å². The maximum Gasteiger partial charge on any atom is 0.263 e. The first-order valence-corrected chi connectivity index (χ1v) is 8.25. The van der Waals surface area contributed by atoms with Crippen LogP contribution in [0, 0.1) is 13.8 Å². The van der Waals surface area contributed by atoms with Gasteiger partial charge in [-0.25, -0.2) is 8.42 Å². The molecule has 0 spiro atoms. The van der Waals surface area contributed by atoms with Crippen LogP contribution in [0.5, 0.6) is 0 Å². The summed E-state index contributed by atoms with van der Waals surface area (Å²) in [7, 11) is -3.65. The fourth-order valence-electron chi connectivity index (χ4n) is 2.12. The third-order valence-corrected chi connectivity index (χ3v) is 4.88. The van der Waals surface area contributed by atoms with Crippen LogP contribution in [0.3, 0.4) is 0 Å². The summed E-state index contributed by atoms with van der Waals surface area (Å²) in [6, 6.07) is 6.91. The molecular weight excluding hydrogens is 288 g/mol. The molecule has 1 heterocycles. The van der Waals surface area contributed by atoms with E-state index in [1.807, 2.05) is 26.8 Å². The molecule has 2 rings (SSSR count). The van der Waals surface area contributed by atoms with Crippen LogP contribution in [-0.4, -0.2) is 18.1 Å². The molecule has 0 amide bonds. The predicted molar refractivity (Wildman–Crippen MR) is 82.8 cm³/mol. The lowest BCUT2D eigenvalue weighted by molar-refractivity contribution is 0.271. The van der Waals surface area contributed by atoms with E-state index in [1.165, 1.54) is 12.3 Å². The normalized spacial score (nSPS) is 11.6. The van der Waals surface area contributed by atoms with Gasteiger partial charge in [0.2, 0.25) is 0 Å². The van der Waals surface area contributed by atoms with Gasteiger partial charge in [0, 0.05) is 24.1 Å². The Hall–Kier alpha value is -1.79. The summed E-state index contributed by atoms with van der Waals surface area (Å²) in [6.45, 7) is 6.22. The van der Waals surface area contributed by atoms with Crippen LogP contribution in [0.4, 0.5) is 5.69 Å². The monoisotopic (exact) mass is 308 g/mol. The molecule has 0 saturated carbocycles. The average Bonchev–Trinajstić information content (AvgIpc) is 2.86. The number of aryl methyl sites for hydroxylation is 3. The summed E-state index contributed by atoms with van der Waals surface area (Å²) in [5.74, 6) is 0. The van der Waals surface area contributed by atoms with Gasteiger partial charge in [-0.05, 0) is 50.1 Å². The number of benzene rings is 1. The van der Waals surface area contributed by atoms with Crippen molar-refractivity contribution in [2.24, 2.45) is 0 Å². The third kappa shape index (κ3) is 3.28. The maximum absolute atomic E-state index is 12.4. The standard InChI is InChI=1S/C15H20N2O3S/c1-4-17-9-15(8-14(17)10-18)21(19,20)16-13-6-5-11(2)12(3)7-13/h5-9,16,18H,4,10H2,1-3H3. The maximum atomic E-state index is 12.4. The van der Waals surface area contributed by atoms with Crippen molar-refractivity contribution < 1.29 is 13.5 Å². The van der Waals surface area contributed by atoms with Crippen molar-refractivity contribution in [1.29, 1.82) is 0 Å². The molecule has 0 aliphatic heterocycles. The topological polar surface area (TPSA) is 71.3 Å². The highest BCUT2D eigenvalue weighted by Gasteiger charge is 2.18. The number of hydrogen-bond acceptors (Lipinski definition) is 3. The van der Waals surface area contributed by atoms with E-state index in [0.29, 0.717) is 17.9 Å². The number of nitrogens with zero attached hydrogens (tertiary/aromatic N) is 1. The van der Waals surface area contributed by atoms with Gasteiger partial charge < -0.3 is 9.67 Å². The lowest BCUT2D eigenvalue weighted by atomic mass is 10.1. The van der Waals surface area contributed by atoms with Crippen LogP contribution < -0.4 is 4.72 Å². The van der Waals surface area contributed by atoms with Gasteiger partial charge in [-0.3, -0.25) is 4.72 Å². The summed E-state index contributed by atoms with van der Waals surface area (Å²) in [5, 5.41) is 9.25. The summed E-state index contributed by atoms with van der Waals surface area (Å²) in [4.78, 5) is 0.159. The lowest BCUT2D eigenvalue weighted by Gasteiger charge is -2.08. The number of hydrogen-bond donors (Lipinski definition) is 2. The third-order valence-electron chi connectivity index (χ3n) is 3.53. The Morgan fingerprint density at radius 2 is 1.90 bits per heavy atom. The zero-order valence-electron chi connectivity index (χ0n) is 12.4. The molecule has 0 bridgehead atoms. The smallest absolute Gasteiger partial charge is 0.263 e. The van der Waals surface area contributed by atoms with Gasteiger partial charge in [-0.15, -0.1) is 0 Å². The second-order valence-corrected chi connectivity index (χ2v) is 6.70. The Balaban J connectivity index is 2.33. The van der Waals surface area contributed by atoms with E-state index in [4.69, 9.17) is 0 Å². The first-order valence-electron chi connectivity index (χ1n) is 6.77. The van der Waals surface area contributed by atoms with E-state index in [-0.39, 0.29) is 11.5 Å². The Bertz CT molecular complexity index is 727. The van der Waals surface area contributed by atoms with Crippen LogP contribution in [0.1, 0.15) is 23.7 Å². The minimum atomic E-state index is -3.65. The SMILES string of the molecule is CCn1cc(S(=O)(=O)Nc2ccc(C)c(C)c2)cc1CO. The van der Waals surface area contributed by atoms with E-state index < -0.39 is 10.0 Å². The number of aliphatic hydroxyl groups excluding tert-OH is 1. The van der Waals surface area contributed by atoms with Gasteiger partial charge >= 0.3 is 0 Å². The molecule has 0 atom stereocenters. The van der Waals surface area contributed by atoms with E-state index >= 15 is 0 Å². The van der Waals surface area contributed by atoms with Gasteiger partial charge in [0.05, 0.1) is 6.61 Å². The van der Waals surface area contributed by atoms with Crippen molar-refractivity contribution in [3.05, 3.63) is 47.3 Å². The number of aliphatic hydroxyl groups is 1. The van der Waals surface area contributed by atoms with Crippen molar-refractivity contribution in [1.82, 2.24) is 4.57 Å². The van der Waals surface area contributed by atoms with E-state index in [9.17, 15) is 13.5 Å². The first kappa shape index (κ1) is 15.6. The van der Waals surface area contributed by atoms with E-state index in [0.717, 1.165) is 11.1 Å². The van der Waals surface area contributed by atoms with Crippen LogP contribution in [0.15, 0.2) is 35.4 Å². The van der Waals surface area contributed by atoms with Crippen LogP contribution in [0.2, 0.25) is 0 Å². The number of aromatic nitrogens is 1. The predicted octanol–water partition coefficient (Wildman–Crippen LogP) is 2.42. The van der Waals surface area contributed by atoms with E-state index in [1.54, 1.807) is 16.7 Å². The van der Waals surface area contributed by atoms with Gasteiger partial charge in [-0.2, -0.15) is 0 Å². The molecule has 0 radical (unpaired) electrons. The minimum Gasteiger partial charge on any atom is -0.390 e. The molecule has 6 heteroatoms. The summed E-state index contributed by atoms with van der Waals surface area (Å²) in [6.07, 6.45) is 1.54. The fourth-order valence-corrected chi connectivity index (χ4v) is 3.23.